The van der Waals surface area contributed by atoms with Crippen LogP contribution in [-0.4, -0.2) is 35.0 Å². The van der Waals surface area contributed by atoms with E-state index in [0.29, 0.717) is 5.84 Å². The average molecular weight is 295 g/mol. The molecule has 0 spiro atoms. The second-order valence-electron chi connectivity index (χ2n) is 4.73. The third kappa shape index (κ3) is 2.00. The SMILES string of the molecule is O=C(O)C1=NC2C=C(c3ccc4ccsc4c3)C=NC2=N1. The molecule has 0 saturated carbocycles. The first-order valence-corrected chi connectivity index (χ1v) is 7.22. The monoisotopic (exact) mass is 295 g/mol. The van der Waals surface area contributed by atoms with Crippen LogP contribution in [0.25, 0.3) is 15.7 Å². The van der Waals surface area contributed by atoms with E-state index in [0.717, 1.165) is 11.1 Å². The highest BCUT2D eigenvalue weighted by Crippen LogP contribution is 2.27. The number of benzene rings is 1. The van der Waals surface area contributed by atoms with Crippen LogP contribution in [0.15, 0.2) is 50.7 Å². The van der Waals surface area contributed by atoms with Crippen molar-refractivity contribution in [1.29, 1.82) is 0 Å². The van der Waals surface area contributed by atoms with Gasteiger partial charge in [0, 0.05) is 10.9 Å². The fourth-order valence-electron chi connectivity index (χ4n) is 2.37. The Bertz CT molecular complexity index is 889. The van der Waals surface area contributed by atoms with E-state index in [-0.39, 0.29) is 5.84 Å². The van der Waals surface area contributed by atoms with Crippen molar-refractivity contribution >= 4 is 50.9 Å². The summed E-state index contributed by atoms with van der Waals surface area (Å²) in [6.45, 7) is 0. The molecule has 1 aromatic heterocycles. The normalized spacial score (nSPS) is 20.0. The Morgan fingerprint density at radius 1 is 1.29 bits per heavy atom. The maximum absolute atomic E-state index is 10.9. The van der Waals surface area contributed by atoms with Gasteiger partial charge in [-0.15, -0.1) is 11.3 Å². The van der Waals surface area contributed by atoms with Crippen LogP contribution in [0.1, 0.15) is 5.56 Å². The molecule has 1 atom stereocenters. The number of aliphatic imine (C=N–C) groups is 3. The van der Waals surface area contributed by atoms with E-state index in [4.69, 9.17) is 5.11 Å². The number of dihydropyridines is 1. The summed E-state index contributed by atoms with van der Waals surface area (Å²) in [6, 6.07) is 7.90. The molecule has 6 heteroatoms. The number of carbonyl (C=O) groups is 1. The molecule has 3 heterocycles. The molecule has 1 unspecified atom stereocenters. The highest BCUT2D eigenvalue weighted by atomic mass is 32.1. The van der Waals surface area contributed by atoms with E-state index in [9.17, 15) is 4.79 Å². The highest BCUT2D eigenvalue weighted by Gasteiger charge is 2.26. The zero-order valence-electron chi connectivity index (χ0n) is 10.7. The molecule has 0 saturated heterocycles. The maximum Gasteiger partial charge on any atom is 0.373 e. The smallest absolute Gasteiger partial charge is 0.373 e. The van der Waals surface area contributed by atoms with Crippen LogP contribution in [-0.2, 0) is 4.79 Å². The van der Waals surface area contributed by atoms with Gasteiger partial charge in [0.1, 0.15) is 6.04 Å². The number of hydrogen-bond donors (Lipinski definition) is 1. The lowest BCUT2D eigenvalue weighted by Gasteiger charge is -2.11. The van der Waals surface area contributed by atoms with Gasteiger partial charge in [0.25, 0.3) is 0 Å². The lowest BCUT2D eigenvalue weighted by atomic mass is 10.0. The molecule has 1 N–H and O–H groups in total. The van der Waals surface area contributed by atoms with E-state index >= 15 is 0 Å². The number of hydrogen-bond acceptors (Lipinski definition) is 5. The van der Waals surface area contributed by atoms with Gasteiger partial charge in [0.15, 0.2) is 5.84 Å². The van der Waals surface area contributed by atoms with Crippen LogP contribution in [0.4, 0.5) is 0 Å². The lowest BCUT2D eigenvalue weighted by molar-refractivity contribution is -0.129. The van der Waals surface area contributed by atoms with Crippen LogP contribution in [0.5, 0.6) is 0 Å². The number of allylic oxidation sites excluding steroid dienone is 1. The van der Waals surface area contributed by atoms with Gasteiger partial charge < -0.3 is 5.11 Å². The Morgan fingerprint density at radius 2 is 2.19 bits per heavy atom. The summed E-state index contributed by atoms with van der Waals surface area (Å²) >= 11 is 1.69. The summed E-state index contributed by atoms with van der Waals surface area (Å²) in [6.07, 6.45) is 3.61. The molecule has 0 bridgehead atoms. The number of fused-ring (bicyclic) bond motifs is 2. The van der Waals surface area contributed by atoms with E-state index in [1.807, 2.05) is 12.1 Å². The molecular weight excluding hydrogens is 286 g/mol. The third-order valence-corrected chi connectivity index (χ3v) is 4.28. The third-order valence-electron chi connectivity index (χ3n) is 3.40. The Morgan fingerprint density at radius 3 is 3.05 bits per heavy atom. The Hall–Kier alpha value is -2.60. The zero-order chi connectivity index (χ0) is 14.4. The molecule has 102 valence electrons. The zero-order valence-corrected chi connectivity index (χ0v) is 11.5. The number of nitrogens with zero attached hydrogens (tertiary/aromatic N) is 3. The van der Waals surface area contributed by atoms with Gasteiger partial charge >= 0.3 is 5.97 Å². The van der Waals surface area contributed by atoms with Gasteiger partial charge in [0.05, 0.1) is 0 Å². The van der Waals surface area contributed by atoms with Crippen LogP contribution >= 0.6 is 11.3 Å². The van der Waals surface area contributed by atoms with E-state index in [1.165, 1.54) is 10.1 Å². The standard InChI is InChI=1S/C15H9N3O2S/c19-15(20)14-17-11-5-10(7-16-13(11)18-14)9-2-1-8-3-4-21-12(8)6-9/h1-7,11H,(H,19,20). The van der Waals surface area contributed by atoms with Crippen molar-refractivity contribution in [1.82, 2.24) is 0 Å². The van der Waals surface area contributed by atoms with Crippen LogP contribution < -0.4 is 0 Å². The molecule has 1 aromatic carbocycles. The van der Waals surface area contributed by atoms with Crippen molar-refractivity contribution in [3.8, 4) is 0 Å². The van der Waals surface area contributed by atoms with Crippen LogP contribution in [0, 0.1) is 0 Å². The summed E-state index contributed by atoms with van der Waals surface area (Å²) in [5, 5.41) is 12.2. The van der Waals surface area contributed by atoms with E-state index in [1.54, 1.807) is 17.6 Å². The molecule has 4 rings (SSSR count). The van der Waals surface area contributed by atoms with Gasteiger partial charge in [-0.25, -0.2) is 19.8 Å². The van der Waals surface area contributed by atoms with Gasteiger partial charge in [-0.1, -0.05) is 12.1 Å². The first-order valence-electron chi connectivity index (χ1n) is 6.34. The summed E-state index contributed by atoms with van der Waals surface area (Å²) in [5.74, 6) is -0.867. The number of amidine groups is 2. The Balaban J connectivity index is 1.74. The van der Waals surface area contributed by atoms with Crippen LogP contribution in [0.2, 0.25) is 0 Å². The van der Waals surface area contributed by atoms with Crippen molar-refractivity contribution in [3.63, 3.8) is 0 Å². The van der Waals surface area contributed by atoms with Gasteiger partial charge in [-0.05, 0) is 40.1 Å². The number of aliphatic carboxylic acids is 1. The molecular formula is C15H9N3O2S. The molecule has 2 aliphatic heterocycles. The number of thiophene rings is 1. The number of carboxylic acids is 1. The fourth-order valence-corrected chi connectivity index (χ4v) is 3.20. The Labute approximate surface area is 123 Å². The average Bonchev–Trinajstić information content (AvgIpc) is 3.12. The molecule has 0 aliphatic carbocycles. The second-order valence-corrected chi connectivity index (χ2v) is 5.67. The fraction of sp³-hybridized carbons (Fsp3) is 0.0667. The van der Waals surface area contributed by atoms with E-state index < -0.39 is 12.0 Å². The van der Waals surface area contributed by atoms with Crippen LogP contribution in [0.3, 0.4) is 0 Å². The Kier molecular flexibility index (Phi) is 2.58. The predicted octanol–water partition coefficient (Wildman–Crippen LogP) is 2.63. The second kappa shape index (κ2) is 4.46. The molecule has 0 radical (unpaired) electrons. The first kappa shape index (κ1) is 12.2. The van der Waals surface area contributed by atoms with Gasteiger partial charge in [-0.2, -0.15) is 0 Å². The largest absolute Gasteiger partial charge is 0.475 e. The van der Waals surface area contributed by atoms with Crippen molar-refractivity contribution in [2.24, 2.45) is 15.0 Å². The minimum Gasteiger partial charge on any atom is -0.475 e. The quantitative estimate of drug-likeness (QED) is 0.924. The molecule has 21 heavy (non-hydrogen) atoms. The molecule has 2 aliphatic rings. The first-order chi connectivity index (χ1) is 10.2. The van der Waals surface area contributed by atoms with Crippen molar-refractivity contribution < 1.29 is 9.90 Å². The van der Waals surface area contributed by atoms with Crippen molar-refractivity contribution in [2.75, 3.05) is 0 Å². The minimum atomic E-state index is -1.12. The van der Waals surface area contributed by atoms with E-state index in [2.05, 4.69) is 38.6 Å². The topological polar surface area (TPSA) is 74.4 Å². The predicted molar refractivity (Wildman–Crippen MR) is 84.6 cm³/mol. The summed E-state index contributed by atoms with van der Waals surface area (Å²) < 4.78 is 1.21. The van der Waals surface area contributed by atoms with Gasteiger partial charge in [0.2, 0.25) is 5.84 Å². The molecule has 5 nitrogen and oxygen atoms in total. The van der Waals surface area contributed by atoms with Gasteiger partial charge in [-0.3, -0.25) is 0 Å². The molecule has 0 fully saturated rings. The number of rotatable bonds is 2. The minimum absolute atomic E-state index is 0.182. The summed E-state index contributed by atoms with van der Waals surface area (Å²) in [5.41, 5.74) is 1.98. The number of carboxylic acid groups (broad SMARTS) is 1. The lowest BCUT2D eigenvalue weighted by Crippen LogP contribution is -2.15. The summed E-state index contributed by atoms with van der Waals surface area (Å²) in [7, 11) is 0. The maximum atomic E-state index is 10.9. The summed E-state index contributed by atoms with van der Waals surface area (Å²) in [4.78, 5) is 23.1. The van der Waals surface area contributed by atoms with Crippen molar-refractivity contribution in [2.45, 2.75) is 6.04 Å². The van der Waals surface area contributed by atoms with Crippen molar-refractivity contribution in [3.05, 3.63) is 41.3 Å². The highest BCUT2D eigenvalue weighted by molar-refractivity contribution is 7.17. The molecule has 0 amide bonds. The molecule has 2 aromatic rings.